The largest absolute Gasteiger partial charge is 0.314 e. The van der Waals surface area contributed by atoms with Crippen LogP contribution < -0.4 is 5.32 Å². The van der Waals surface area contributed by atoms with Crippen LogP contribution in [-0.4, -0.2) is 26.3 Å². The third kappa shape index (κ3) is 3.03. The van der Waals surface area contributed by atoms with Crippen LogP contribution in [0.25, 0.3) is 0 Å². The van der Waals surface area contributed by atoms with Crippen LogP contribution in [0.4, 0.5) is 0 Å². The van der Waals surface area contributed by atoms with Crippen molar-refractivity contribution in [3.05, 3.63) is 28.7 Å². The fourth-order valence-electron chi connectivity index (χ4n) is 2.92. The van der Waals surface area contributed by atoms with E-state index in [1.165, 1.54) is 0 Å². The minimum atomic E-state index is -3.22. The molecule has 2 rings (SSSR count). The predicted molar refractivity (Wildman–Crippen MR) is 81.0 cm³/mol. The fraction of sp³-hybridized carbons (Fsp3) is 0.571. The van der Waals surface area contributed by atoms with E-state index in [0.29, 0.717) is 10.9 Å². The first-order valence-electron chi connectivity index (χ1n) is 6.69. The second kappa shape index (κ2) is 5.94. The molecule has 0 aliphatic heterocycles. The zero-order valence-corrected chi connectivity index (χ0v) is 13.7. The Balaban J connectivity index is 2.23. The molecule has 0 saturated heterocycles. The van der Waals surface area contributed by atoms with Gasteiger partial charge in [0.15, 0.2) is 9.84 Å². The summed E-state index contributed by atoms with van der Waals surface area (Å²) in [5.41, 5.74) is 0. The summed E-state index contributed by atoms with van der Waals surface area (Å²) in [6.07, 6.45) is 1.69. The van der Waals surface area contributed by atoms with Gasteiger partial charge in [-0.25, -0.2) is 8.42 Å². The topological polar surface area (TPSA) is 46.2 Å². The van der Waals surface area contributed by atoms with Crippen molar-refractivity contribution in [2.45, 2.75) is 42.9 Å². The van der Waals surface area contributed by atoms with E-state index in [9.17, 15) is 8.42 Å². The molecule has 19 heavy (non-hydrogen) atoms. The summed E-state index contributed by atoms with van der Waals surface area (Å²) in [6.45, 7) is 4.99. The molecular formula is C14H20BrNO2S. The smallest absolute Gasteiger partial charge is 0.181 e. The summed E-state index contributed by atoms with van der Waals surface area (Å²) in [5, 5.41) is 3.12. The lowest BCUT2D eigenvalue weighted by molar-refractivity contribution is 0.433. The third-order valence-electron chi connectivity index (χ3n) is 3.99. The molecule has 3 atom stereocenters. The van der Waals surface area contributed by atoms with E-state index in [-0.39, 0.29) is 11.2 Å². The van der Waals surface area contributed by atoms with E-state index in [1.807, 2.05) is 6.92 Å². The van der Waals surface area contributed by atoms with Gasteiger partial charge < -0.3 is 5.32 Å². The van der Waals surface area contributed by atoms with Crippen molar-refractivity contribution in [1.29, 1.82) is 0 Å². The maximum absolute atomic E-state index is 12.7. The molecule has 5 heteroatoms. The number of hydrogen-bond donors (Lipinski definition) is 1. The van der Waals surface area contributed by atoms with E-state index in [0.717, 1.165) is 23.9 Å². The Morgan fingerprint density at radius 3 is 2.47 bits per heavy atom. The number of benzene rings is 1. The lowest BCUT2D eigenvalue weighted by atomic mass is 10.1. The minimum absolute atomic E-state index is 0.161. The van der Waals surface area contributed by atoms with Crippen LogP contribution in [0.1, 0.15) is 26.7 Å². The van der Waals surface area contributed by atoms with E-state index in [4.69, 9.17) is 0 Å². The van der Waals surface area contributed by atoms with E-state index >= 15 is 0 Å². The Hall–Kier alpha value is -0.390. The maximum atomic E-state index is 12.7. The minimum Gasteiger partial charge on any atom is -0.314 e. The first-order valence-corrected chi connectivity index (χ1v) is 9.03. The van der Waals surface area contributed by atoms with Gasteiger partial charge in [-0.1, -0.05) is 29.8 Å². The van der Waals surface area contributed by atoms with E-state index < -0.39 is 9.84 Å². The first kappa shape index (κ1) is 15.0. The Kier molecular flexibility index (Phi) is 4.69. The van der Waals surface area contributed by atoms with Crippen LogP contribution in [0.3, 0.4) is 0 Å². The fourth-order valence-corrected chi connectivity index (χ4v) is 5.25. The Labute approximate surface area is 123 Å². The van der Waals surface area contributed by atoms with Crippen LogP contribution in [0.5, 0.6) is 0 Å². The molecule has 0 spiro atoms. The van der Waals surface area contributed by atoms with Gasteiger partial charge in [-0.15, -0.1) is 0 Å². The summed E-state index contributed by atoms with van der Waals surface area (Å²) < 4.78 is 26.2. The van der Waals surface area contributed by atoms with Crippen LogP contribution in [0.2, 0.25) is 0 Å². The third-order valence-corrected chi connectivity index (χ3v) is 6.91. The highest BCUT2D eigenvalue weighted by Crippen LogP contribution is 2.34. The number of rotatable bonds is 4. The van der Waals surface area contributed by atoms with Gasteiger partial charge >= 0.3 is 0 Å². The molecule has 1 aromatic rings. The predicted octanol–water partition coefficient (Wildman–Crippen LogP) is 3.00. The van der Waals surface area contributed by atoms with Crippen LogP contribution in [0.15, 0.2) is 33.6 Å². The molecule has 0 radical (unpaired) electrons. The van der Waals surface area contributed by atoms with Crippen molar-refractivity contribution in [1.82, 2.24) is 5.32 Å². The molecule has 1 N–H and O–H groups in total. The molecule has 1 fully saturated rings. The van der Waals surface area contributed by atoms with Gasteiger partial charge in [0, 0.05) is 10.5 Å². The molecule has 0 heterocycles. The van der Waals surface area contributed by atoms with Crippen molar-refractivity contribution in [3.63, 3.8) is 0 Å². The number of sulfone groups is 1. The normalized spacial score (nSPS) is 27.6. The molecule has 1 aromatic carbocycles. The second-order valence-electron chi connectivity index (χ2n) is 5.14. The first-order chi connectivity index (χ1) is 8.96. The zero-order chi connectivity index (χ0) is 14.0. The molecule has 1 aliphatic rings. The average Bonchev–Trinajstić information content (AvgIpc) is 2.73. The lowest BCUT2D eigenvalue weighted by Gasteiger charge is -2.21. The molecule has 3 nitrogen and oxygen atoms in total. The molecule has 0 aromatic heterocycles. The second-order valence-corrected chi connectivity index (χ2v) is 8.22. The molecule has 3 unspecified atom stereocenters. The summed E-state index contributed by atoms with van der Waals surface area (Å²) in [4.78, 5) is 0.435. The summed E-state index contributed by atoms with van der Waals surface area (Å²) in [5.74, 6) is 0.161. The summed E-state index contributed by atoms with van der Waals surface area (Å²) >= 11 is 3.33. The number of halogens is 1. The van der Waals surface area contributed by atoms with Gasteiger partial charge in [0.2, 0.25) is 0 Å². The maximum Gasteiger partial charge on any atom is 0.181 e. The summed E-state index contributed by atoms with van der Waals surface area (Å²) in [7, 11) is -3.22. The van der Waals surface area contributed by atoms with Crippen molar-refractivity contribution < 1.29 is 8.42 Å². The van der Waals surface area contributed by atoms with Crippen LogP contribution in [-0.2, 0) is 9.84 Å². The van der Waals surface area contributed by atoms with Crippen LogP contribution in [0, 0.1) is 5.92 Å². The lowest BCUT2D eigenvalue weighted by Crippen LogP contribution is -2.36. The molecule has 0 bridgehead atoms. The Bertz CT molecular complexity index is 527. The Morgan fingerprint density at radius 2 is 1.89 bits per heavy atom. The number of nitrogens with one attached hydrogen (secondary N) is 1. The van der Waals surface area contributed by atoms with Crippen molar-refractivity contribution in [3.8, 4) is 0 Å². The van der Waals surface area contributed by atoms with Gasteiger partial charge in [0.25, 0.3) is 0 Å². The summed E-state index contributed by atoms with van der Waals surface area (Å²) in [6, 6.07) is 7.27. The number of hydrogen-bond acceptors (Lipinski definition) is 3. The van der Waals surface area contributed by atoms with Crippen molar-refractivity contribution in [2.24, 2.45) is 5.92 Å². The van der Waals surface area contributed by atoms with Gasteiger partial charge in [0.1, 0.15) is 0 Å². The van der Waals surface area contributed by atoms with Gasteiger partial charge in [0.05, 0.1) is 10.1 Å². The molecule has 1 saturated carbocycles. The highest BCUT2D eigenvalue weighted by Gasteiger charge is 2.41. The Morgan fingerprint density at radius 1 is 1.26 bits per heavy atom. The highest BCUT2D eigenvalue weighted by atomic mass is 79.9. The molecule has 106 valence electrons. The molecule has 0 amide bonds. The van der Waals surface area contributed by atoms with Gasteiger partial charge in [-0.3, -0.25) is 0 Å². The van der Waals surface area contributed by atoms with E-state index in [1.54, 1.807) is 24.3 Å². The zero-order valence-electron chi connectivity index (χ0n) is 11.3. The van der Waals surface area contributed by atoms with Crippen LogP contribution >= 0.6 is 15.9 Å². The van der Waals surface area contributed by atoms with Gasteiger partial charge in [-0.05, 0) is 49.6 Å². The monoisotopic (exact) mass is 345 g/mol. The van der Waals surface area contributed by atoms with Crippen molar-refractivity contribution in [2.75, 3.05) is 6.54 Å². The molecule has 1 aliphatic carbocycles. The average molecular weight is 346 g/mol. The van der Waals surface area contributed by atoms with Crippen molar-refractivity contribution >= 4 is 25.8 Å². The van der Waals surface area contributed by atoms with E-state index in [2.05, 4.69) is 28.2 Å². The SMILES string of the molecule is CCNC1CCC(S(=O)(=O)c2ccc(Br)cc2)C1C. The molecular weight excluding hydrogens is 326 g/mol. The van der Waals surface area contributed by atoms with Gasteiger partial charge in [-0.2, -0.15) is 0 Å². The standard InChI is InChI=1S/C14H20BrNO2S/c1-3-16-13-8-9-14(10(13)2)19(17,18)12-6-4-11(15)5-7-12/h4-7,10,13-14,16H,3,8-9H2,1-2H3. The highest BCUT2D eigenvalue weighted by molar-refractivity contribution is 9.10. The quantitative estimate of drug-likeness (QED) is 0.912.